The number of fused-ring (bicyclic) bond motifs is 2. The van der Waals surface area contributed by atoms with Crippen molar-refractivity contribution < 1.29 is 32.0 Å². The standard InChI is InChI=1S/C27H20N2O7S/c1-35-20-8-4-5-9-21(20)36-16-12-10-15(11-13-16)29-19-14-22(37(32,33)34)25(28)24-23(19)26(30)17-6-2-3-7-18(17)27(24)31/h2-14,29H,28H2,1H3,(H,32,33,34). The summed E-state index contributed by atoms with van der Waals surface area (Å²) in [7, 11) is -3.27. The van der Waals surface area contributed by atoms with Crippen LogP contribution >= 0.6 is 0 Å². The molecule has 0 bridgehead atoms. The van der Waals surface area contributed by atoms with Crippen LogP contribution in [0.5, 0.6) is 17.2 Å². The number of para-hydroxylation sites is 2. The fourth-order valence-electron chi connectivity index (χ4n) is 4.20. The normalized spacial score (nSPS) is 12.5. The van der Waals surface area contributed by atoms with E-state index in [0.717, 1.165) is 6.07 Å². The van der Waals surface area contributed by atoms with Crippen LogP contribution in [-0.2, 0) is 10.1 Å². The topological polar surface area (TPSA) is 145 Å². The Kier molecular flexibility index (Phi) is 5.90. The largest absolute Gasteiger partial charge is 0.493 e. The minimum Gasteiger partial charge on any atom is -0.493 e. The van der Waals surface area contributed by atoms with Crippen molar-refractivity contribution in [2.24, 2.45) is 0 Å². The van der Waals surface area contributed by atoms with Gasteiger partial charge in [-0.1, -0.05) is 36.4 Å². The third-order valence-corrected chi connectivity index (χ3v) is 6.80. The molecule has 0 amide bonds. The van der Waals surface area contributed by atoms with Crippen LogP contribution in [0.25, 0.3) is 0 Å². The minimum atomic E-state index is -4.81. The van der Waals surface area contributed by atoms with Crippen molar-refractivity contribution in [3.05, 3.63) is 101 Å². The van der Waals surface area contributed by atoms with Gasteiger partial charge in [-0.2, -0.15) is 8.42 Å². The number of ether oxygens (including phenoxy) is 2. The smallest absolute Gasteiger partial charge is 0.296 e. The lowest BCUT2D eigenvalue weighted by atomic mass is 9.82. The number of methoxy groups -OCH3 is 1. The highest BCUT2D eigenvalue weighted by atomic mass is 32.2. The molecule has 9 nitrogen and oxygen atoms in total. The van der Waals surface area contributed by atoms with Crippen LogP contribution in [-0.4, -0.2) is 31.6 Å². The van der Waals surface area contributed by atoms with E-state index in [0.29, 0.717) is 22.9 Å². The molecule has 186 valence electrons. The van der Waals surface area contributed by atoms with E-state index in [1.165, 1.54) is 19.2 Å². The van der Waals surface area contributed by atoms with E-state index >= 15 is 0 Å². The van der Waals surface area contributed by atoms with Gasteiger partial charge >= 0.3 is 0 Å². The molecule has 4 N–H and O–H groups in total. The van der Waals surface area contributed by atoms with E-state index in [1.807, 2.05) is 6.07 Å². The van der Waals surface area contributed by atoms with Crippen molar-refractivity contribution in [2.45, 2.75) is 4.90 Å². The Morgan fingerprint density at radius 3 is 1.97 bits per heavy atom. The number of hydrogen-bond donors (Lipinski definition) is 3. The Hall–Kier alpha value is -4.67. The summed E-state index contributed by atoms with van der Waals surface area (Å²) in [5, 5.41) is 2.98. The summed E-state index contributed by atoms with van der Waals surface area (Å²) in [6.07, 6.45) is 0. The van der Waals surface area contributed by atoms with Crippen molar-refractivity contribution in [3.8, 4) is 17.2 Å². The molecule has 1 aliphatic rings. The van der Waals surface area contributed by atoms with E-state index in [1.54, 1.807) is 54.6 Å². The van der Waals surface area contributed by atoms with Crippen molar-refractivity contribution in [1.29, 1.82) is 0 Å². The lowest BCUT2D eigenvalue weighted by Crippen LogP contribution is -2.25. The van der Waals surface area contributed by atoms with Gasteiger partial charge in [0.1, 0.15) is 10.6 Å². The number of ketones is 2. The predicted molar refractivity (Wildman–Crippen MR) is 137 cm³/mol. The molecule has 5 rings (SSSR count). The van der Waals surface area contributed by atoms with Gasteiger partial charge in [-0.3, -0.25) is 14.1 Å². The van der Waals surface area contributed by atoms with Crippen LogP contribution in [0.3, 0.4) is 0 Å². The van der Waals surface area contributed by atoms with Gasteiger partial charge in [0.05, 0.1) is 29.6 Å². The summed E-state index contributed by atoms with van der Waals surface area (Å²) in [5.74, 6) is 0.445. The number of hydrogen-bond acceptors (Lipinski definition) is 8. The maximum atomic E-state index is 13.4. The molecule has 37 heavy (non-hydrogen) atoms. The van der Waals surface area contributed by atoms with Crippen LogP contribution < -0.4 is 20.5 Å². The van der Waals surface area contributed by atoms with Gasteiger partial charge in [-0.15, -0.1) is 0 Å². The van der Waals surface area contributed by atoms with Gasteiger partial charge in [-0.25, -0.2) is 0 Å². The molecule has 0 saturated carbocycles. The van der Waals surface area contributed by atoms with E-state index in [4.69, 9.17) is 15.2 Å². The molecule has 0 radical (unpaired) electrons. The summed E-state index contributed by atoms with van der Waals surface area (Å²) in [6, 6.07) is 21.0. The average molecular weight is 517 g/mol. The first-order chi connectivity index (χ1) is 17.7. The van der Waals surface area contributed by atoms with Gasteiger partial charge in [0.25, 0.3) is 10.1 Å². The summed E-state index contributed by atoms with van der Waals surface area (Å²) < 4.78 is 45.1. The Balaban J connectivity index is 1.56. The van der Waals surface area contributed by atoms with Crippen LogP contribution in [0.2, 0.25) is 0 Å². The molecular weight excluding hydrogens is 496 g/mol. The first-order valence-electron chi connectivity index (χ1n) is 11.0. The summed E-state index contributed by atoms with van der Waals surface area (Å²) >= 11 is 0. The zero-order valence-corrected chi connectivity index (χ0v) is 20.2. The van der Waals surface area contributed by atoms with Gasteiger partial charge in [0.2, 0.25) is 0 Å². The molecule has 0 unspecified atom stereocenters. The summed E-state index contributed by atoms with van der Waals surface area (Å²) in [5.41, 5.74) is 5.89. The maximum Gasteiger partial charge on any atom is 0.296 e. The number of benzene rings is 4. The summed E-state index contributed by atoms with van der Waals surface area (Å²) in [4.78, 5) is 26.0. The fourth-order valence-corrected chi connectivity index (χ4v) is 4.84. The molecule has 0 aliphatic heterocycles. The lowest BCUT2D eigenvalue weighted by Gasteiger charge is -2.23. The van der Waals surface area contributed by atoms with E-state index < -0.39 is 32.3 Å². The highest BCUT2D eigenvalue weighted by Gasteiger charge is 2.36. The number of anilines is 3. The van der Waals surface area contributed by atoms with Crippen LogP contribution in [0.1, 0.15) is 31.8 Å². The molecule has 10 heteroatoms. The fraction of sp³-hybridized carbons (Fsp3) is 0.0370. The molecule has 0 atom stereocenters. The quantitative estimate of drug-likeness (QED) is 0.213. The first-order valence-corrected chi connectivity index (χ1v) is 12.4. The first kappa shape index (κ1) is 24.0. The second-order valence-electron chi connectivity index (χ2n) is 8.17. The van der Waals surface area contributed by atoms with Crippen molar-refractivity contribution >= 4 is 38.7 Å². The average Bonchev–Trinajstić information content (AvgIpc) is 2.88. The molecule has 0 fully saturated rings. The van der Waals surface area contributed by atoms with Crippen LogP contribution in [0.4, 0.5) is 17.1 Å². The molecule has 0 saturated heterocycles. The minimum absolute atomic E-state index is 0.00285. The van der Waals surface area contributed by atoms with E-state index in [9.17, 15) is 22.6 Å². The number of nitrogens with two attached hydrogens (primary N) is 1. The molecular formula is C27H20N2O7S. The van der Waals surface area contributed by atoms with Crippen LogP contribution in [0.15, 0.2) is 83.8 Å². The zero-order chi connectivity index (χ0) is 26.3. The molecule has 0 aromatic heterocycles. The van der Waals surface area contributed by atoms with Crippen molar-refractivity contribution in [3.63, 3.8) is 0 Å². The predicted octanol–water partition coefficient (Wildman–Crippen LogP) is 4.84. The second-order valence-corrected chi connectivity index (χ2v) is 9.56. The van der Waals surface area contributed by atoms with Crippen LogP contribution in [0, 0.1) is 0 Å². The van der Waals surface area contributed by atoms with Crippen molar-refractivity contribution in [1.82, 2.24) is 0 Å². The van der Waals surface area contributed by atoms with Gasteiger partial charge in [0.15, 0.2) is 23.1 Å². The second kappa shape index (κ2) is 9.08. The summed E-state index contributed by atoms with van der Waals surface area (Å²) in [6.45, 7) is 0. The van der Waals surface area contributed by atoms with E-state index in [-0.39, 0.29) is 27.9 Å². The molecule has 4 aromatic rings. The Bertz CT molecular complexity index is 1680. The highest BCUT2D eigenvalue weighted by molar-refractivity contribution is 7.86. The third kappa shape index (κ3) is 4.28. The van der Waals surface area contributed by atoms with Gasteiger partial charge in [-0.05, 0) is 42.5 Å². The molecule has 1 aliphatic carbocycles. The molecule has 0 spiro atoms. The Morgan fingerprint density at radius 1 is 0.811 bits per heavy atom. The van der Waals surface area contributed by atoms with Crippen molar-refractivity contribution in [2.75, 3.05) is 18.2 Å². The Morgan fingerprint density at radius 2 is 1.38 bits per heavy atom. The Labute approximate surface area is 212 Å². The molecule has 4 aromatic carbocycles. The number of nitrogens with one attached hydrogen (secondary N) is 1. The lowest BCUT2D eigenvalue weighted by molar-refractivity contribution is 0.0980. The highest BCUT2D eigenvalue weighted by Crippen LogP contribution is 2.40. The number of carbonyl (C=O) groups excluding carboxylic acids is 2. The third-order valence-electron chi connectivity index (χ3n) is 5.91. The maximum absolute atomic E-state index is 13.4. The number of rotatable bonds is 6. The number of carbonyl (C=O) groups is 2. The molecule has 0 heterocycles. The van der Waals surface area contributed by atoms with Gasteiger partial charge < -0.3 is 20.5 Å². The monoisotopic (exact) mass is 516 g/mol. The van der Waals surface area contributed by atoms with Gasteiger partial charge in [0, 0.05) is 16.8 Å². The SMILES string of the molecule is COc1ccccc1Oc1ccc(Nc2cc(S(=O)(=O)O)c(N)c3c2C(=O)c2ccccc2C3=O)cc1. The number of nitrogen functional groups attached to an aromatic ring is 1. The van der Waals surface area contributed by atoms with E-state index in [2.05, 4.69) is 5.32 Å². The zero-order valence-electron chi connectivity index (χ0n) is 19.4.